The minimum atomic E-state index is -0.0399. The molecular formula is C37H47N7O4S. The molecule has 4 N–H and O–H groups in total. The predicted octanol–water partition coefficient (Wildman–Crippen LogP) is 4.33. The highest BCUT2D eigenvalue weighted by Crippen LogP contribution is 2.40. The molecule has 1 aliphatic carbocycles. The molecule has 260 valence electrons. The van der Waals surface area contributed by atoms with Crippen LogP contribution >= 0.6 is 11.8 Å². The number of aryl methyl sites for hydroxylation is 1. The molecule has 1 aromatic heterocycles. The summed E-state index contributed by atoms with van der Waals surface area (Å²) >= 11 is 1.93. The monoisotopic (exact) mass is 685 g/mol. The molecule has 3 atom stereocenters. The summed E-state index contributed by atoms with van der Waals surface area (Å²) in [6.45, 7) is 5.59. The Bertz CT molecular complexity index is 1620. The quantitative estimate of drug-likeness (QED) is 0.100. The summed E-state index contributed by atoms with van der Waals surface area (Å²) in [4.78, 5) is 52.5. The van der Waals surface area contributed by atoms with Gasteiger partial charge in [0.1, 0.15) is 11.6 Å². The van der Waals surface area contributed by atoms with Crippen LogP contribution in [0.5, 0.6) is 0 Å². The molecule has 0 bridgehead atoms. The van der Waals surface area contributed by atoms with Crippen LogP contribution in [0, 0.1) is 6.92 Å². The van der Waals surface area contributed by atoms with E-state index in [4.69, 9.17) is 19.6 Å². The van der Waals surface area contributed by atoms with Gasteiger partial charge in [-0.3, -0.25) is 4.79 Å². The molecular weight excluding hydrogens is 639 g/mol. The molecule has 3 amide bonds. The Balaban J connectivity index is 0.00000151. The number of carbonyl (C=O) groups is 2. The molecule has 6 rings (SSSR count). The van der Waals surface area contributed by atoms with Crippen LogP contribution in [-0.2, 0) is 27.2 Å². The highest BCUT2D eigenvalue weighted by Gasteiger charge is 2.42. The van der Waals surface area contributed by atoms with Gasteiger partial charge in [-0.15, -0.1) is 0 Å². The van der Waals surface area contributed by atoms with Gasteiger partial charge in [-0.1, -0.05) is 60.5 Å². The van der Waals surface area contributed by atoms with Gasteiger partial charge >= 0.3 is 12.2 Å². The number of rotatable bonds is 16. The van der Waals surface area contributed by atoms with E-state index in [2.05, 4.69) is 82.6 Å². The summed E-state index contributed by atoms with van der Waals surface area (Å²) in [7, 11) is 2.15. The number of anilines is 1. The topological polar surface area (TPSA) is 145 Å². The lowest BCUT2D eigenvalue weighted by molar-refractivity contribution is -0.191. The molecule has 2 saturated heterocycles. The molecule has 12 heteroatoms. The fraction of sp³-hybridized carbons (Fsp3) is 0.486. The Kier molecular flexibility index (Phi) is 13.2. The molecule has 0 unspecified atom stereocenters. The molecule has 0 radical (unpaired) electrons. The fourth-order valence-electron chi connectivity index (χ4n) is 6.85. The number of urea groups is 1. The summed E-state index contributed by atoms with van der Waals surface area (Å²) in [5, 5.41) is 13.2. The van der Waals surface area contributed by atoms with Crippen molar-refractivity contribution in [2.45, 2.75) is 75.6 Å². The van der Waals surface area contributed by atoms with Gasteiger partial charge in [-0.25, -0.2) is 14.8 Å². The first-order valence-electron chi connectivity index (χ1n) is 17.2. The summed E-state index contributed by atoms with van der Waals surface area (Å²) in [5.74, 6) is 2.92. The SMILES string of the molecule is Cc1ccc2c(c1)Cc1nc(Cc3ccccc3)nc(NCCCN(C)CCCNC(=O)CCCC[C@@H]3SC[C@@H]4NC(=O)N[C@@H]43)c1-2.O=C=O. The van der Waals surface area contributed by atoms with Crippen molar-refractivity contribution in [2.75, 3.05) is 44.3 Å². The summed E-state index contributed by atoms with van der Waals surface area (Å²) in [6, 6.07) is 17.6. The number of nitrogens with one attached hydrogen (secondary N) is 4. The average molecular weight is 686 g/mol. The van der Waals surface area contributed by atoms with Crippen molar-refractivity contribution in [2.24, 2.45) is 0 Å². The standard InChI is InChI=1S/C36H47N7O2S.CO2/c1-24-14-15-27-26(20-24)22-28-33(27)35(41-31(39-28)21-25-10-4-3-5-11-25)38-17-9-19-43(2)18-8-16-37-32(44)13-7-6-12-30-34-29(23-46-30)40-36(45)42-34;2-1-3/h3-5,10-11,14-15,20,29-30,34H,6-9,12-13,16-19,21-23H2,1-2H3,(H,37,44)(H,38,39,41)(H2,40,42,45);/t29-,30-,34-;/m0./s1. The van der Waals surface area contributed by atoms with Crippen molar-refractivity contribution in [1.29, 1.82) is 0 Å². The van der Waals surface area contributed by atoms with Crippen LogP contribution in [0.4, 0.5) is 10.6 Å². The first-order chi connectivity index (χ1) is 23.8. The number of thioether (sulfide) groups is 1. The van der Waals surface area contributed by atoms with E-state index in [1.807, 2.05) is 17.8 Å². The summed E-state index contributed by atoms with van der Waals surface area (Å²) in [5.41, 5.74) is 7.33. The molecule has 11 nitrogen and oxygen atoms in total. The van der Waals surface area contributed by atoms with Gasteiger partial charge in [0, 0.05) is 48.9 Å². The Hall–Kier alpha value is -4.25. The van der Waals surface area contributed by atoms with Gasteiger partial charge in [0.05, 0.1) is 17.8 Å². The van der Waals surface area contributed by atoms with Crippen LogP contribution in [0.25, 0.3) is 11.1 Å². The zero-order valence-electron chi connectivity index (χ0n) is 28.4. The molecule has 3 aliphatic rings. The maximum Gasteiger partial charge on any atom is 0.373 e. The van der Waals surface area contributed by atoms with Crippen molar-refractivity contribution in [3.63, 3.8) is 0 Å². The van der Waals surface area contributed by atoms with Gasteiger partial charge in [0.15, 0.2) is 0 Å². The number of unbranched alkanes of at least 4 members (excludes halogenated alkanes) is 1. The zero-order valence-corrected chi connectivity index (χ0v) is 29.2. The van der Waals surface area contributed by atoms with Crippen LogP contribution in [0.3, 0.4) is 0 Å². The van der Waals surface area contributed by atoms with Crippen LogP contribution in [0.1, 0.15) is 66.7 Å². The van der Waals surface area contributed by atoms with Gasteiger partial charge < -0.3 is 26.2 Å². The summed E-state index contributed by atoms with van der Waals surface area (Å²) in [6.07, 6.45) is 7.27. The second-order valence-electron chi connectivity index (χ2n) is 13.0. The molecule has 3 aromatic rings. The van der Waals surface area contributed by atoms with Crippen LogP contribution in [0.2, 0.25) is 0 Å². The van der Waals surface area contributed by atoms with Gasteiger partial charge in [0.2, 0.25) is 5.91 Å². The third-order valence-electron chi connectivity index (χ3n) is 9.25. The Morgan fingerprint density at radius 3 is 2.59 bits per heavy atom. The van der Waals surface area contributed by atoms with Crippen molar-refractivity contribution in [1.82, 2.24) is 30.8 Å². The first-order valence-corrected chi connectivity index (χ1v) is 18.3. The maximum absolute atomic E-state index is 12.3. The Labute approximate surface area is 292 Å². The van der Waals surface area contributed by atoms with Crippen molar-refractivity contribution < 1.29 is 19.2 Å². The minimum absolute atomic E-state index is 0.0399. The molecule has 3 heterocycles. The summed E-state index contributed by atoms with van der Waals surface area (Å²) < 4.78 is 0. The van der Waals surface area contributed by atoms with Gasteiger partial charge in [0.25, 0.3) is 0 Å². The van der Waals surface area contributed by atoms with E-state index in [0.29, 0.717) is 18.2 Å². The second kappa shape index (κ2) is 17.9. The highest BCUT2D eigenvalue weighted by molar-refractivity contribution is 8.00. The highest BCUT2D eigenvalue weighted by atomic mass is 32.2. The number of hydrogen-bond donors (Lipinski definition) is 4. The van der Waals surface area contributed by atoms with E-state index in [-0.39, 0.29) is 30.2 Å². The van der Waals surface area contributed by atoms with E-state index < -0.39 is 0 Å². The first kappa shape index (κ1) is 36.0. The lowest BCUT2D eigenvalue weighted by atomic mass is 10.0. The Morgan fingerprint density at radius 2 is 1.80 bits per heavy atom. The lowest BCUT2D eigenvalue weighted by Crippen LogP contribution is -2.36. The third-order valence-corrected chi connectivity index (χ3v) is 10.8. The predicted molar refractivity (Wildman–Crippen MR) is 191 cm³/mol. The third kappa shape index (κ3) is 10.1. The van der Waals surface area contributed by atoms with Crippen molar-refractivity contribution in [3.8, 4) is 11.1 Å². The van der Waals surface area contributed by atoms with E-state index >= 15 is 0 Å². The number of fused-ring (bicyclic) bond motifs is 4. The normalized spacial score (nSPS) is 18.3. The molecule has 0 spiro atoms. The van der Waals surface area contributed by atoms with Gasteiger partial charge in [-0.2, -0.15) is 21.4 Å². The largest absolute Gasteiger partial charge is 0.373 e. The van der Waals surface area contributed by atoms with E-state index in [9.17, 15) is 9.59 Å². The lowest BCUT2D eigenvalue weighted by Gasteiger charge is -2.18. The number of amides is 3. The number of nitrogens with zero attached hydrogens (tertiary/aromatic N) is 3. The van der Waals surface area contributed by atoms with E-state index in [1.165, 1.54) is 22.3 Å². The minimum Gasteiger partial charge on any atom is -0.369 e. The second-order valence-corrected chi connectivity index (χ2v) is 14.3. The van der Waals surface area contributed by atoms with Crippen LogP contribution in [-0.4, -0.2) is 89.3 Å². The molecule has 0 saturated carbocycles. The fourth-order valence-corrected chi connectivity index (χ4v) is 8.40. The smallest absolute Gasteiger partial charge is 0.369 e. The van der Waals surface area contributed by atoms with Crippen LogP contribution in [0.15, 0.2) is 48.5 Å². The zero-order chi connectivity index (χ0) is 34.6. The van der Waals surface area contributed by atoms with E-state index in [1.54, 1.807) is 0 Å². The molecule has 2 aliphatic heterocycles. The van der Waals surface area contributed by atoms with E-state index in [0.717, 1.165) is 93.2 Å². The maximum atomic E-state index is 12.3. The Morgan fingerprint density at radius 1 is 1.02 bits per heavy atom. The molecule has 49 heavy (non-hydrogen) atoms. The molecule has 2 fully saturated rings. The number of hydrogen-bond acceptors (Lipinski definition) is 9. The molecule has 2 aromatic carbocycles. The van der Waals surface area contributed by atoms with Crippen molar-refractivity contribution in [3.05, 3.63) is 76.7 Å². The number of carbonyl (C=O) groups excluding carboxylic acids is 4. The van der Waals surface area contributed by atoms with Crippen molar-refractivity contribution >= 4 is 35.7 Å². The average Bonchev–Trinajstić information content (AvgIpc) is 3.76. The van der Waals surface area contributed by atoms with Crippen LogP contribution < -0.4 is 21.3 Å². The number of benzene rings is 2. The van der Waals surface area contributed by atoms with Gasteiger partial charge in [-0.05, 0) is 69.4 Å². The number of aromatic nitrogens is 2.